The van der Waals surface area contributed by atoms with Crippen molar-refractivity contribution in [2.24, 2.45) is 0 Å². The molecule has 92 heavy (non-hydrogen) atoms. The van der Waals surface area contributed by atoms with Gasteiger partial charge in [0.05, 0.1) is 32.0 Å². The highest BCUT2D eigenvalue weighted by Gasteiger charge is 2.51. The lowest BCUT2D eigenvalue weighted by Crippen LogP contribution is -2.65. The highest BCUT2D eigenvalue weighted by atomic mass is 16.7. The van der Waals surface area contributed by atoms with Crippen LogP contribution in [0, 0.1) is 0 Å². The SMILES string of the molecule is CC/C=C\C/C=C\C/C=C\C/C=C\C/C=C\C/C=C\C/C=C\C/C=C\C/C=C\C/C=C\CCCCC(=O)NC(COC1OC(CO)C(OC2OC(CO)C(O)C(O)C2O)C(O)C1O)C(O)/C=C/CC/C=C/CC/C=C/CCCCCCCCCCCCCCCCC. The van der Waals surface area contributed by atoms with Crippen molar-refractivity contribution in [3.05, 3.63) is 158 Å². The fourth-order valence-corrected chi connectivity index (χ4v) is 10.5. The van der Waals surface area contributed by atoms with E-state index in [1.165, 1.54) is 96.3 Å². The van der Waals surface area contributed by atoms with Crippen LogP contribution in [0.5, 0.6) is 0 Å². The van der Waals surface area contributed by atoms with Gasteiger partial charge in [-0.05, 0) is 122 Å². The summed E-state index contributed by atoms with van der Waals surface area (Å²) in [5.74, 6) is -0.301. The van der Waals surface area contributed by atoms with Gasteiger partial charge in [0.2, 0.25) is 5.91 Å². The van der Waals surface area contributed by atoms with E-state index in [1.54, 1.807) is 6.08 Å². The van der Waals surface area contributed by atoms with Crippen LogP contribution in [0.25, 0.3) is 0 Å². The van der Waals surface area contributed by atoms with Crippen molar-refractivity contribution in [2.75, 3.05) is 19.8 Å². The van der Waals surface area contributed by atoms with Crippen LogP contribution >= 0.6 is 0 Å². The second kappa shape index (κ2) is 60.3. The smallest absolute Gasteiger partial charge is 0.220 e. The minimum Gasteiger partial charge on any atom is -0.394 e. The number of ether oxygens (including phenoxy) is 4. The Morgan fingerprint density at radius 1 is 0.402 bits per heavy atom. The van der Waals surface area contributed by atoms with Gasteiger partial charge >= 0.3 is 0 Å². The molecule has 0 bridgehead atoms. The molecule has 14 nitrogen and oxygen atoms in total. The minimum absolute atomic E-state index is 0.203. The predicted molar refractivity (Wildman–Crippen MR) is 377 cm³/mol. The van der Waals surface area contributed by atoms with E-state index in [0.29, 0.717) is 12.8 Å². The standard InChI is InChI=1S/C78H127NO13/c1-3-5-7-9-11-13-15-17-19-21-23-25-27-29-30-31-32-33-34-35-36-38-40-42-44-46-48-50-52-54-56-58-60-62-70(83)79-66(65-89-77-75(88)73(86)76(69(64-81)91-77)92-78-74(87)72(85)71(84)68(63-80)90-78)67(82)61-59-57-55-53-51-49-47-45-43-41-39-37-28-26-24-22-20-18-16-14-12-10-8-6-4-2/h5,7,11,13,17,19,23,25,29-30,32-33,35-36,40,42-43,45-46,48,51-54,59,61,66-69,71-78,80-82,84-88H,3-4,6,8-10,12,14-16,18,20-22,24,26-28,31,34,37-39,41,44,47,49-50,55-58,60,62-65H2,1-2H3,(H,79,83)/b7-5-,13-11-,19-17-,25-23-,30-29-,33-32-,36-35-,42-40-,45-43+,48-46-,53-51+,54-52-,61-59+. The largest absolute Gasteiger partial charge is 0.394 e. The molecule has 12 unspecified atom stereocenters. The lowest BCUT2D eigenvalue weighted by atomic mass is 9.97. The van der Waals surface area contributed by atoms with Gasteiger partial charge < -0.3 is 65.1 Å². The summed E-state index contributed by atoms with van der Waals surface area (Å²) in [7, 11) is 0. The van der Waals surface area contributed by atoms with Gasteiger partial charge in [-0.25, -0.2) is 0 Å². The first-order valence-corrected chi connectivity index (χ1v) is 35.7. The van der Waals surface area contributed by atoms with E-state index in [1.807, 2.05) is 6.08 Å². The van der Waals surface area contributed by atoms with Crippen LogP contribution in [-0.4, -0.2) is 140 Å². The van der Waals surface area contributed by atoms with Crippen LogP contribution in [0.15, 0.2) is 158 Å². The molecule has 14 heteroatoms. The third-order valence-electron chi connectivity index (χ3n) is 16.2. The van der Waals surface area contributed by atoms with E-state index in [0.717, 1.165) is 103 Å². The molecule has 0 aliphatic carbocycles. The molecular formula is C78H127NO13. The fourth-order valence-electron chi connectivity index (χ4n) is 10.5. The molecule has 0 aromatic heterocycles. The molecule has 2 aliphatic heterocycles. The molecule has 12 atom stereocenters. The second-order valence-corrected chi connectivity index (χ2v) is 24.3. The maximum atomic E-state index is 13.3. The van der Waals surface area contributed by atoms with Crippen molar-refractivity contribution in [1.82, 2.24) is 5.32 Å². The average Bonchev–Trinajstić information content (AvgIpc) is 0.829. The van der Waals surface area contributed by atoms with Crippen LogP contribution in [0.3, 0.4) is 0 Å². The molecule has 0 aromatic rings. The molecule has 2 heterocycles. The first kappa shape index (κ1) is 83.7. The van der Waals surface area contributed by atoms with Crippen molar-refractivity contribution in [3.8, 4) is 0 Å². The molecule has 0 aromatic carbocycles. The molecule has 0 radical (unpaired) electrons. The van der Waals surface area contributed by atoms with Gasteiger partial charge in [-0.1, -0.05) is 262 Å². The molecule has 0 spiro atoms. The molecule has 522 valence electrons. The van der Waals surface area contributed by atoms with Crippen LogP contribution in [0.1, 0.15) is 232 Å². The van der Waals surface area contributed by atoms with Crippen LogP contribution in [-0.2, 0) is 23.7 Å². The highest BCUT2D eigenvalue weighted by molar-refractivity contribution is 5.76. The summed E-state index contributed by atoms with van der Waals surface area (Å²) in [6, 6.07) is -0.976. The predicted octanol–water partition coefficient (Wildman–Crippen LogP) is 15.0. The highest BCUT2D eigenvalue weighted by Crippen LogP contribution is 2.30. The first-order chi connectivity index (χ1) is 45.1. The van der Waals surface area contributed by atoms with Gasteiger partial charge in [0, 0.05) is 6.42 Å². The van der Waals surface area contributed by atoms with Crippen LogP contribution in [0.2, 0.25) is 0 Å². The Hall–Kier alpha value is -4.39. The van der Waals surface area contributed by atoms with Gasteiger partial charge in [0.15, 0.2) is 12.6 Å². The Balaban J connectivity index is 1.74. The van der Waals surface area contributed by atoms with E-state index < -0.39 is 86.8 Å². The number of carbonyl (C=O) groups excluding carboxylic acids is 1. The Morgan fingerprint density at radius 2 is 0.761 bits per heavy atom. The Labute approximate surface area is 556 Å². The van der Waals surface area contributed by atoms with Crippen LogP contribution in [0.4, 0.5) is 0 Å². The monoisotopic (exact) mass is 1290 g/mol. The van der Waals surface area contributed by atoms with Gasteiger partial charge in [0.25, 0.3) is 0 Å². The Morgan fingerprint density at radius 3 is 1.20 bits per heavy atom. The Kier molecular flexibility index (Phi) is 54.8. The van der Waals surface area contributed by atoms with Crippen molar-refractivity contribution in [1.29, 1.82) is 0 Å². The van der Waals surface area contributed by atoms with E-state index in [-0.39, 0.29) is 18.9 Å². The van der Waals surface area contributed by atoms with Gasteiger partial charge in [-0.2, -0.15) is 0 Å². The van der Waals surface area contributed by atoms with E-state index in [4.69, 9.17) is 18.9 Å². The normalized spacial score (nSPS) is 23.7. The van der Waals surface area contributed by atoms with Crippen molar-refractivity contribution >= 4 is 5.91 Å². The lowest BCUT2D eigenvalue weighted by Gasteiger charge is -2.46. The average molecular weight is 1290 g/mol. The number of carbonyl (C=O) groups is 1. The fraction of sp³-hybridized carbons (Fsp3) is 0.654. The van der Waals surface area contributed by atoms with Gasteiger partial charge in [-0.15, -0.1) is 0 Å². The summed E-state index contributed by atoms with van der Waals surface area (Å²) in [6.45, 7) is 2.63. The third-order valence-corrected chi connectivity index (χ3v) is 16.2. The Bertz CT molecular complexity index is 2150. The zero-order valence-corrected chi connectivity index (χ0v) is 56.7. The second-order valence-electron chi connectivity index (χ2n) is 24.3. The summed E-state index contributed by atoms with van der Waals surface area (Å²) >= 11 is 0. The molecule has 2 fully saturated rings. The number of amides is 1. The van der Waals surface area contributed by atoms with Crippen molar-refractivity contribution in [3.63, 3.8) is 0 Å². The molecule has 2 aliphatic rings. The first-order valence-electron chi connectivity index (χ1n) is 35.7. The summed E-state index contributed by atoms with van der Waals surface area (Å²) in [4.78, 5) is 13.3. The molecule has 9 N–H and O–H groups in total. The lowest BCUT2D eigenvalue weighted by molar-refractivity contribution is -0.359. The number of aliphatic hydroxyl groups excluding tert-OH is 8. The quantitative estimate of drug-likeness (QED) is 0.0204. The summed E-state index contributed by atoms with van der Waals surface area (Å²) in [6.07, 6.45) is 75.8. The molecule has 2 rings (SSSR count). The number of unbranched alkanes of at least 4 members (excludes halogenated alkanes) is 19. The van der Waals surface area contributed by atoms with E-state index >= 15 is 0 Å². The third kappa shape index (κ3) is 43.6. The molecule has 0 saturated carbocycles. The number of allylic oxidation sites excluding steroid dienone is 25. The number of nitrogens with one attached hydrogen (secondary N) is 1. The number of aliphatic hydroxyl groups is 8. The minimum atomic E-state index is -1.81. The topological polar surface area (TPSA) is 228 Å². The van der Waals surface area contributed by atoms with E-state index in [2.05, 4.69) is 165 Å². The number of rotatable bonds is 56. The van der Waals surface area contributed by atoms with Crippen molar-refractivity contribution < 1.29 is 64.6 Å². The van der Waals surface area contributed by atoms with E-state index in [9.17, 15) is 45.6 Å². The van der Waals surface area contributed by atoms with Gasteiger partial charge in [-0.3, -0.25) is 4.79 Å². The molecular weight excluding hydrogens is 1160 g/mol. The number of hydrogen-bond acceptors (Lipinski definition) is 13. The summed E-state index contributed by atoms with van der Waals surface area (Å²) in [5.41, 5.74) is 0. The molecule has 1 amide bonds. The summed E-state index contributed by atoms with van der Waals surface area (Å²) < 4.78 is 22.8. The van der Waals surface area contributed by atoms with Crippen molar-refractivity contribution in [2.45, 2.75) is 306 Å². The molecule has 2 saturated heterocycles. The summed E-state index contributed by atoms with van der Waals surface area (Å²) in [5, 5.41) is 87.4. The zero-order valence-electron chi connectivity index (χ0n) is 56.7. The van der Waals surface area contributed by atoms with Crippen LogP contribution < -0.4 is 5.32 Å². The maximum Gasteiger partial charge on any atom is 0.220 e. The maximum absolute atomic E-state index is 13.3. The van der Waals surface area contributed by atoms with Gasteiger partial charge in [0.1, 0.15) is 48.8 Å². The zero-order chi connectivity index (χ0) is 66.6. The number of hydrogen-bond donors (Lipinski definition) is 9.